The summed E-state index contributed by atoms with van der Waals surface area (Å²) in [4.78, 5) is 20.3. The molecule has 0 radical (unpaired) electrons. The average molecular weight is 390 g/mol. The molecule has 0 bridgehead atoms. The molecule has 0 aliphatic rings. The van der Waals surface area contributed by atoms with E-state index in [4.69, 9.17) is 21.1 Å². The number of anilines is 1. The average Bonchev–Trinajstić information content (AvgIpc) is 2.79. The summed E-state index contributed by atoms with van der Waals surface area (Å²) in [6.07, 6.45) is 0.968. The second-order valence-corrected chi connectivity index (χ2v) is 7.38. The number of amides is 1. The normalized spacial score (nSPS) is 11.5. The highest BCUT2D eigenvalue weighted by atomic mass is 35.5. The van der Waals surface area contributed by atoms with Crippen LogP contribution in [0.25, 0.3) is 11.0 Å². The number of rotatable bonds is 3. The van der Waals surface area contributed by atoms with Crippen molar-refractivity contribution in [2.75, 3.05) is 5.32 Å². The van der Waals surface area contributed by atoms with Crippen LogP contribution in [0, 0.1) is 6.92 Å². The maximum atomic E-state index is 11.9. The van der Waals surface area contributed by atoms with Crippen LogP contribution in [0.3, 0.4) is 0 Å². The molecule has 0 atom stereocenters. The summed E-state index contributed by atoms with van der Waals surface area (Å²) in [5.74, 6) is 1.14. The van der Waals surface area contributed by atoms with Crippen molar-refractivity contribution in [3.63, 3.8) is 0 Å². The van der Waals surface area contributed by atoms with Crippen LogP contribution < -0.4 is 10.1 Å². The van der Waals surface area contributed by atoms with Crippen LogP contribution in [0.2, 0.25) is 5.15 Å². The Morgan fingerprint density at radius 1 is 1.22 bits per heavy atom. The lowest BCUT2D eigenvalue weighted by Gasteiger charge is -2.19. The molecule has 9 heteroatoms. The Kier molecular flexibility index (Phi) is 4.93. The molecule has 0 fully saturated rings. The Labute approximate surface area is 161 Å². The van der Waals surface area contributed by atoms with Crippen LogP contribution in [0.1, 0.15) is 26.5 Å². The molecule has 3 aromatic heterocycles. The van der Waals surface area contributed by atoms with Crippen LogP contribution in [-0.4, -0.2) is 31.4 Å². The highest BCUT2D eigenvalue weighted by molar-refractivity contribution is 6.29. The van der Waals surface area contributed by atoms with Gasteiger partial charge in [0.25, 0.3) is 0 Å². The summed E-state index contributed by atoms with van der Waals surface area (Å²) in [6.45, 7) is 7.22. The van der Waals surface area contributed by atoms with E-state index in [0.29, 0.717) is 11.5 Å². The Balaban J connectivity index is 1.82. The molecular formula is C18H20ClN5O3. The summed E-state index contributed by atoms with van der Waals surface area (Å²) in [7, 11) is 1.83. The minimum Gasteiger partial charge on any atom is -0.455 e. The fourth-order valence-corrected chi connectivity index (χ4v) is 2.68. The Morgan fingerprint density at radius 2 is 1.96 bits per heavy atom. The van der Waals surface area contributed by atoms with Gasteiger partial charge in [-0.15, -0.1) is 0 Å². The maximum absolute atomic E-state index is 11.9. The molecule has 142 valence electrons. The summed E-state index contributed by atoms with van der Waals surface area (Å²) in [5.41, 5.74) is 0.996. The summed E-state index contributed by atoms with van der Waals surface area (Å²) < 4.78 is 12.8. The van der Waals surface area contributed by atoms with E-state index in [2.05, 4.69) is 20.4 Å². The number of halogens is 1. The first-order valence-corrected chi connectivity index (χ1v) is 8.63. The first kappa shape index (κ1) is 18.9. The molecule has 0 unspecified atom stereocenters. The van der Waals surface area contributed by atoms with E-state index in [0.717, 1.165) is 16.7 Å². The molecule has 8 nitrogen and oxygen atoms in total. The van der Waals surface area contributed by atoms with Gasteiger partial charge in [-0.2, -0.15) is 5.10 Å². The van der Waals surface area contributed by atoms with E-state index in [1.807, 2.05) is 20.0 Å². The molecule has 1 N–H and O–H groups in total. The van der Waals surface area contributed by atoms with Crippen molar-refractivity contribution < 1.29 is 14.3 Å². The largest absolute Gasteiger partial charge is 0.455 e. The van der Waals surface area contributed by atoms with Gasteiger partial charge < -0.3 is 9.47 Å². The van der Waals surface area contributed by atoms with E-state index in [1.54, 1.807) is 43.8 Å². The fourth-order valence-electron chi connectivity index (χ4n) is 2.49. The number of hydrogen-bond donors (Lipinski definition) is 1. The molecule has 0 spiro atoms. The van der Waals surface area contributed by atoms with E-state index in [-0.39, 0.29) is 11.0 Å². The monoisotopic (exact) mass is 389 g/mol. The highest BCUT2D eigenvalue weighted by Crippen LogP contribution is 2.28. The number of aryl methyl sites for hydroxylation is 2. The van der Waals surface area contributed by atoms with Gasteiger partial charge in [-0.3, -0.25) is 10.00 Å². The zero-order valence-electron chi connectivity index (χ0n) is 15.7. The molecular weight excluding hydrogens is 370 g/mol. The van der Waals surface area contributed by atoms with Gasteiger partial charge in [-0.25, -0.2) is 14.8 Å². The van der Waals surface area contributed by atoms with Crippen molar-refractivity contribution in [2.24, 2.45) is 7.05 Å². The summed E-state index contributed by atoms with van der Waals surface area (Å²) >= 11 is 6.04. The topological polar surface area (TPSA) is 91.2 Å². The van der Waals surface area contributed by atoms with Crippen LogP contribution >= 0.6 is 11.6 Å². The van der Waals surface area contributed by atoms with Crippen LogP contribution in [0.5, 0.6) is 11.5 Å². The molecule has 3 heterocycles. The third kappa shape index (κ3) is 4.65. The molecule has 0 saturated heterocycles. The smallest absolute Gasteiger partial charge is 0.413 e. The van der Waals surface area contributed by atoms with Crippen molar-refractivity contribution in [1.29, 1.82) is 0 Å². The summed E-state index contributed by atoms with van der Waals surface area (Å²) in [6, 6.07) is 4.94. The van der Waals surface area contributed by atoms with E-state index < -0.39 is 11.7 Å². The van der Waals surface area contributed by atoms with Crippen LogP contribution in [0.15, 0.2) is 24.4 Å². The number of ether oxygens (including phenoxy) is 2. The Hall–Kier alpha value is -2.87. The second-order valence-electron chi connectivity index (χ2n) is 6.99. The summed E-state index contributed by atoms with van der Waals surface area (Å²) in [5, 5.41) is 7.94. The van der Waals surface area contributed by atoms with Crippen molar-refractivity contribution in [2.45, 2.75) is 33.3 Å². The molecule has 0 aromatic carbocycles. The zero-order valence-corrected chi connectivity index (χ0v) is 16.5. The van der Waals surface area contributed by atoms with Gasteiger partial charge in [-0.05, 0) is 33.8 Å². The minimum absolute atomic E-state index is 0.171. The molecule has 3 rings (SSSR count). The fraction of sp³-hybridized carbons (Fsp3) is 0.333. The maximum Gasteiger partial charge on any atom is 0.413 e. The van der Waals surface area contributed by atoms with Gasteiger partial charge in [0.1, 0.15) is 28.1 Å². The van der Waals surface area contributed by atoms with Gasteiger partial charge in [0.15, 0.2) is 5.65 Å². The van der Waals surface area contributed by atoms with Crippen LogP contribution in [-0.2, 0) is 11.8 Å². The van der Waals surface area contributed by atoms with Crippen molar-refractivity contribution in [3.05, 3.63) is 35.2 Å². The first-order chi connectivity index (χ1) is 12.6. The Morgan fingerprint density at radius 3 is 2.67 bits per heavy atom. The lowest BCUT2D eigenvalue weighted by atomic mass is 10.2. The first-order valence-electron chi connectivity index (χ1n) is 8.25. The van der Waals surface area contributed by atoms with Gasteiger partial charge in [0, 0.05) is 24.6 Å². The van der Waals surface area contributed by atoms with E-state index in [1.165, 1.54) is 0 Å². The number of nitrogens with one attached hydrogen (secondary N) is 1. The Bertz CT molecular complexity index is 1010. The van der Waals surface area contributed by atoms with Gasteiger partial charge in [0.05, 0.1) is 11.9 Å². The minimum atomic E-state index is -0.628. The zero-order chi connectivity index (χ0) is 19.8. The van der Waals surface area contributed by atoms with E-state index in [9.17, 15) is 4.79 Å². The SMILES string of the molecule is Cc1nn(C)c2ncc(Oc3cc(Cl)nc(NC(=O)OC(C)(C)C)c3)cc12. The van der Waals surface area contributed by atoms with Gasteiger partial charge in [-0.1, -0.05) is 11.6 Å². The number of carbonyl (C=O) groups excluding carboxylic acids is 1. The highest BCUT2D eigenvalue weighted by Gasteiger charge is 2.17. The van der Waals surface area contributed by atoms with Crippen LogP contribution in [0.4, 0.5) is 10.6 Å². The van der Waals surface area contributed by atoms with Crippen molar-refractivity contribution in [3.8, 4) is 11.5 Å². The lowest BCUT2D eigenvalue weighted by molar-refractivity contribution is 0.0635. The number of hydrogen-bond acceptors (Lipinski definition) is 6. The molecule has 27 heavy (non-hydrogen) atoms. The molecule has 1 amide bonds. The van der Waals surface area contributed by atoms with Crippen molar-refractivity contribution in [1.82, 2.24) is 19.7 Å². The predicted molar refractivity (Wildman–Crippen MR) is 102 cm³/mol. The number of carbonyl (C=O) groups is 1. The quantitative estimate of drug-likeness (QED) is 0.665. The van der Waals surface area contributed by atoms with Gasteiger partial charge >= 0.3 is 6.09 Å². The van der Waals surface area contributed by atoms with Crippen molar-refractivity contribution >= 4 is 34.5 Å². The predicted octanol–water partition coefficient (Wildman–Crippen LogP) is 4.46. The molecule has 0 aliphatic heterocycles. The molecule has 0 aliphatic carbocycles. The standard InChI is InChI=1S/C18H20ClN5O3/c1-10-13-6-12(9-20-16(13)24(5)23-10)26-11-7-14(19)21-15(8-11)22-17(25)27-18(2,3)4/h6-9H,1-5H3,(H,21,22,25). The second kappa shape index (κ2) is 7.03. The van der Waals surface area contributed by atoms with E-state index >= 15 is 0 Å². The number of aromatic nitrogens is 4. The number of nitrogens with zero attached hydrogens (tertiary/aromatic N) is 4. The third-order valence-electron chi connectivity index (χ3n) is 3.47. The molecule has 3 aromatic rings. The number of fused-ring (bicyclic) bond motifs is 1. The lowest BCUT2D eigenvalue weighted by Crippen LogP contribution is -2.27. The number of pyridine rings is 2. The van der Waals surface area contributed by atoms with Gasteiger partial charge in [0.2, 0.25) is 0 Å². The molecule has 0 saturated carbocycles. The third-order valence-corrected chi connectivity index (χ3v) is 3.66.